The average Bonchev–Trinajstić information content (AvgIpc) is 3.44. The molecule has 1 N–H and O–H groups in total. The van der Waals surface area contributed by atoms with E-state index in [0.717, 1.165) is 35.8 Å². The Morgan fingerprint density at radius 2 is 1.83 bits per heavy atom. The molecule has 1 saturated heterocycles. The largest absolute Gasteiger partial charge is 0.349 e. The molecule has 3 aromatic rings. The van der Waals surface area contributed by atoms with Crippen molar-refractivity contribution >= 4 is 23.2 Å². The molecule has 0 spiro atoms. The van der Waals surface area contributed by atoms with Crippen molar-refractivity contribution in [2.45, 2.75) is 0 Å². The van der Waals surface area contributed by atoms with E-state index < -0.39 is 0 Å². The van der Waals surface area contributed by atoms with Crippen molar-refractivity contribution in [3.05, 3.63) is 64.5 Å². The molecule has 1 fully saturated rings. The number of carbonyl (C=O) groups excluding carboxylic acids is 2. The molecule has 1 aliphatic rings. The lowest BCUT2D eigenvalue weighted by molar-refractivity contribution is 0.0642. The van der Waals surface area contributed by atoms with E-state index in [1.165, 1.54) is 11.3 Å². The van der Waals surface area contributed by atoms with E-state index >= 15 is 0 Å². The maximum atomic E-state index is 12.6. The van der Waals surface area contributed by atoms with E-state index in [4.69, 9.17) is 0 Å². The fraction of sp³-hybridized carbons (Fsp3) is 0.318. The summed E-state index contributed by atoms with van der Waals surface area (Å²) in [6.45, 7) is 4.38. The molecule has 8 heteroatoms. The molecule has 3 heterocycles. The van der Waals surface area contributed by atoms with Crippen LogP contribution < -0.4 is 5.32 Å². The van der Waals surface area contributed by atoms with Gasteiger partial charge < -0.3 is 10.2 Å². The highest BCUT2D eigenvalue weighted by atomic mass is 32.1. The number of benzene rings is 1. The molecule has 30 heavy (non-hydrogen) atoms. The molecule has 1 aliphatic heterocycles. The Balaban J connectivity index is 1.24. The monoisotopic (exact) mass is 423 g/mol. The van der Waals surface area contributed by atoms with Gasteiger partial charge in [-0.25, -0.2) is 0 Å². The third-order valence-electron chi connectivity index (χ3n) is 5.29. The summed E-state index contributed by atoms with van der Waals surface area (Å²) in [5, 5.41) is 9.37. The van der Waals surface area contributed by atoms with E-state index in [1.807, 2.05) is 58.8 Å². The maximum absolute atomic E-state index is 12.6. The van der Waals surface area contributed by atoms with Gasteiger partial charge in [0, 0.05) is 51.9 Å². The van der Waals surface area contributed by atoms with Crippen LogP contribution in [0.1, 0.15) is 20.2 Å². The Hall–Kier alpha value is -2.97. The first kappa shape index (κ1) is 20.3. The number of hydrogen-bond donors (Lipinski definition) is 1. The van der Waals surface area contributed by atoms with Crippen LogP contribution in [-0.2, 0) is 7.05 Å². The zero-order valence-electron chi connectivity index (χ0n) is 17.0. The smallest absolute Gasteiger partial charge is 0.269 e. The van der Waals surface area contributed by atoms with Crippen LogP contribution in [0.3, 0.4) is 0 Å². The van der Waals surface area contributed by atoms with Gasteiger partial charge in [0.1, 0.15) is 5.69 Å². The summed E-state index contributed by atoms with van der Waals surface area (Å²) >= 11 is 1.48. The van der Waals surface area contributed by atoms with Crippen LogP contribution in [-0.4, -0.2) is 70.7 Å². The standard InChI is InChI=1S/C22H25N5O2S/c1-25-19(16-18(24-25)17-6-3-2-4-7-17)21(28)23-9-10-26-11-13-27(14-12-26)22(29)20-8-5-15-30-20/h2-8,15-16H,9-14H2,1H3,(H,23,28). The highest BCUT2D eigenvalue weighted by Crippen LogP contribution is 2.18. The Labute approximate surface area is 179 Å². The van der Waals surface area contributed by atoms with Crippen molar-refractivity contribution in [3.8, 4) is 11.3 Å². The predicted molar refractivity (Wildman–Crippen MR) is 118 cm³/mol. The van der Waals surface area contributed by atoms with Gasteiger partial charge in [0.25, 0.3) is 11.8 Å². The first-order valence-electron chi connectivity index (χ1n) is 10.0. The number of piperazine rings is 1. The fourth-order valence-electron chi connectivity index (χ4n) is 3.58. The van der Waals surface area contributed by atoms with Gasteiger partial charge in [-0.05, 0) is 17.5 Å². The first-order valence-corrected chi connectivity index (χ1v) is 10.9. The van der Waals surface area contributed by atoms with E-state index in [1.54, 1.807) is 11.7 Å². The summed E-state index contributed by atoms with van der Waals surface area (Å²) in [5.41, 5.74) is 2.32. The van der Waals surface area contributed by atoms with Crippen molar-refractivity contribution < 1.29 is 9.59 Å². The van der Waals surface area contributed by atoms with Crippen LogP contribution in [0.4, 0.5) is 0 Å². The Morgan fingerprint density at radius 1 is 1.07 bits per heavy atom. The average molecular weight is 424 g/mol. The number of hydrogen-bond acceptors (Lipinski definition) is 5. The highest BCUT2D eigenvalue weighted by molar-refractivity contribution is 7.12. The van der Waals surface area contributed by atoms with Gasteiger partial charge >= 0.3 is 0 Å². The van der Waals surface area contributed by atoms with Crippen molar-refractivity contribution in [3.63, 3.8) is 0 Å². The van der Waals surface area contributed by atoms with Gasteiger partial charge in [0.05, 0.1) is 10.6 Å². The number of carbonyl (C=O) groups is 2. The molecule has 0 saturated carbocycles. The number of thiophene rings is 1. The number of amides is 2. The van der Waals surface area contributed by atoms with Crippen LogP contribution in [0.2, 0.25) is 0 Å². The van der Waals surface area contributed by atoms with Gasteiger partial charge in [0.2, 0.25) is 0 Å². The summed E-state index contributed by atoms with van der Waals surface area (Å²) in [6, 6.07) is 15.4. The molecule has 156 valence electrons. The molecular formula is C22H25N5O2S. The Morgan fingerprint density at radius 3 is 2.53 bits per heavy atom. The van der Waals surface area contributed by atoms with Crippen molar-refractivity contribution in [2.75, 3.05) is 39.3 Å². The molecule has 2 aromatic heterocycles. The van der Waals surface area contributed by atoms with E-state index in [0.29, 0.717) is 25.3 Å². The van der Waals surface area contributed by atoms with Gasteiger partial charge in [-0.15, -0.1) is 11.3 Å². The van der Waals surface area contributed by atoms with Gasteiger partial charge in [0.15, 0.2) is 0 Å². The molecule has 0 unspecified atom stereocenters. The number of aryl methyl sites for hydroxylation is 1. The Kier molecular flexibility index (Phi) is 6.25. The zero-order valence-corrected chi connectivity index (χ0v) is 17.8. The summed E-state index contributed by atoms with van der Waals surface area (Å²) in [5.74, 6) is -0.0120. The van der Waals surface area contributed by atoms with Crippen LogP contribution in [0.5, 0.6) is 0 Å². The van der Waals surface area contributed by atoms with Crippen molar-refractivity contribution in [1.82, 2.24) is 24.9 Å². The van der Waals surface area contributed by atoms with E-state index in [-0.39, 0.29) is 11.8 Å². The summed E-state index contributed by atoms with van der Waals surface area (Å²) < 4.78 is 1.62. The van der Waals surface area contributed by atoms with Crippen LogP contribution in [0, 0.1) is 0 Å². The summed E-state index contributed by atoms with van der Waals surface area (Å²) in [6.07, 6.45) is 0. The van der Waals surface area contributed by atoms with Crippen molar-refractivity contribution in [1.29, 1.82) is 0 Å². The predicted octanol–water partition coefficient (Wildman–Crippen LogP) is 2.34. The van der Waals surface area contributed by atoms with Crippen molar-refractivity contribution in [2.24, 2.45) is 7.05 Å². The lowest BCUT2D eigenvalue weighted by Crippen LogP contribution is -2.50. The minimum atomic E-state index is -0.126. The molecule has 0 atom stereocenters. The molecule has 0 aliphatic carbocycles. The number of aromatic nitrogens is 2. The number of nitrogens with one attached hydrogen (secondary N) is 1. The molecular weight excluding hydrogens is 398 g/mol. The summed E-state index contributed by atoms with van der Waals surface area (Å²) in [7, 11) is 1.78. The molecule has 2 amide bonds. The minimum absolute atomic E-state index is 0.114. The molecule has 4 rings (SSSR count). The van der Waals surface area contributed by atoms with E-state index in [2.05, 4.69) is 15.3 Å². The minimum Gasteiger partial charge on any atom is -0.349 e. The summed E-state index contributed by atoms with van der Waals surface area (Å²) in [4.78, 5) is 30.0. The second kappa shape index (κ2) is 9.23. The number of rotatable bonds is 6. The molecule has 0 radical (unpaired) electrons. The van der Waals surface area contributed by atoms with Crippen LogP contribution >= 0.6 is 11.3 Å². The van der Waals surface area contributed by atoms with Gasteiger partial charge in [-0.3, -0.25) is 19.2 Å². The zero-order chi connectivity index (χ0) is 20.9. The molecule has 0 bridgehead atoms. The third-order valence-corrected chi connectivity index (χ3v) is 6.14. The number of nitrogens with zero attached hydrogens (tertiary/aromatic N) is 4. The normalized spacial score (nSPS) is 14.6. The topological polar surface area (TPSA) is 70.5 Å². The molecule has 7 nitrogen and oxygen atoms in total. The molecule has 1 aromatic carbocycles. The Bertz CT molecular complexity index is 992. The maximum Gasteiger partial charge on any atom is 0.269 e. The second-order valence-corrected chi connectivity index (χ2v) is 8.22. The quantitative estimate of drug-likeness (QED) is 0.661. The fourth-order valence-corrected chi connectivity index (χ4v) is 4.27. The SMILES string of the molecule is Cn1nc(-c2ccccc2)cc1C(=O)NCCN1CCN(C(=O)c2cccs2)CC1. The van der Waals surface area contributed by atoms with Crippen LogP contribution in [0.25, 0.3) is 11.3 Å². The van der Waals surface area contributed by atoms with Gasteiger partial charge in [-0.2, -0.15) is 5.10 Å². The lowest BCUT2D eigenvalue weighted by Gasteiger charge is -2.34. The van der Waals surface area contributed by atoms with Crippen LogP contribution in [0.15, 0.2) is 53.9 Å². The third kappa shape index (κ3) is 4.60. The van der Waals surface area contributed by atoms with Gasteiger partial charge in [-0.1, -0.05) is 36.4 Å². The lowest BCUT2D eigenvalue weighted by atomic mass is 10.1. The first-order chi connectivity index (χ1) is 14.6. The highest BCUT2D eigenvalue weighted by Gasteiger charge is 2.22. The van der Waals surface area contributed by atoms with E-state index in [9.17, 15) is 9.59 Å². The second-order valence-electron chi connectivity index (χ2n) is 7.27.